The zero-order valence-electron chi connectivity index (χ0n) is 14.9. The molecule has 0 bridgehead atoms. The average Bonchev–Trinajstić information content (AvgIpc) is 2.42. The van der Waals surface area contributed by atoms with Gasteiger partial charge in [0.15, 0.2) is 0 Å². The van der Waals surface area contributed by atoms with Gasteiger partial charge in [-0.05, 0) is 43.8 Å². The number of hydrogen-bond acceptors (Lipinski definition) is 3. The van der Waals surface area contributed by atoms with Crippen molar-refractivity contribution in [1.29, 1.82) is 0 Å². The van der Waals surface area contributed by atoms with Crippen molar-refractivity contribution in [2.75, 3.05) is 23.6 Å². The lowest BCUT2D eigenvalue weighted by atomic mass is 10.2. The van der Waals surface area contributed by atoms with Crippen molar-refractivity contribution in [3.63, 3.8) is 0 Å². The Balaban J connectivity index is 0.00000529. The molecule has 2 N–H and O–H groups in total. The van der Waals surface area contributed by atoms with Crippen LogP contribution in [0.4, 0.5) is 10.5 Å². The van der Waals surface area contributed by atoms with Crippen molar-refractivity contribution in [3.8, 4) is 0 Å². The third-order valence-electron chi connectivity index (χ3n) is 2.86. The molecule has 0 aliphatic carbocycles. The van der Waals surface area contributed by atoms with E-state index in [0.29, 0.717) is 12.1 Å². The number of para-hydroxylation sites is 1. The molecule has 0 unspecified atom stereocenters. The predicted octanol–water partition coefficient (Wildman–Crippen LogP) is -0.210. The summed E-state index contributed by atoms with van der Waals surface area (Å²) in [4.78, 5) is 24.4. The summed E-state index contributed by atoms with van der Waals surface area (Å²) in [7, 11) is 0.195. The minimum absolute atomic E-state index is 0. The SMILES string of the molecule is C[S+](C)CC[C@@H](NC(=O)OC(C)(C)C)C(=O)Nc1ccccc1.[I-]. The summed E-state index contributed by atoms with van der Waals surface area (Å²) in [6.45, 7) is 5.38. The number of halogens is 1. The molecular formula is C17H27IN2O3S. The maximum absolute atomic E-state index is 12.4. The zero-order valence-corrected chi connectivity index (χ0v) is 17.9. The molecule has 0 aliphatic rings. The Kier molecular flexibility index (Phi) is 10.4. The van der Waals surface area contributed by atoms with Gasteiger partial charge in [0, 0.05) is 12.1 Å². The van der Waals surface area contributed by atoms with E-state index in [2.05, 4.69) is 23.1 Å². The second kappa shape index (κ2) is 10.8. The summed E-state index contributed by atoms with van der Waals surface area (Å²) in [5.74, 6) is 0.635. The van der Waals surface area contributed by atoms with Crippen LogP contribution in [0.1, 0.15) is 27.2 Å². The number of alkyl carbamates (subject to hydrolysis) is 1. The van der Waals surface area contributed by atoms with E-state index in [1.807, 2.05) is 30.3 Å². The second-order valence-corrected chi connectivity index (χ2v) is 8.91. The van der Waals surface area contributed by atoms with Crippen LogP contribution in [-0.4, -0.2) is 41.9 Å². The van der Waals surface area contributed by atoms with Gasteiger partial charge >= 0.3 is 6.09 Å². The van der Waals surface area contributed by atoms with Crippen LogP contribution in [0, 0.1) is 0 Å². The van der Waals surface area contributed by atoms with Gasteiger partial charge in [-0.1, -0.05) is 18.2 Å². The summed E-state index contributed by atoms with van der Waals surface area (Å²) in [6, 6.07) is 8.59. The molecule has 2 amide bonds. The lowest BCUT2D eigenvalue weighted by Gasteiger charge is -2.23. The highest BCUT2D eigenvalue weighted by Crippen LogP contribution is 2.10. The maximum Gasteiger partial charge on any atom is 0.408 e. The van der Waals surface area contributed by atoms with Crippen LogP contribution in [0.25, 0.3) is 0 Å². The summed E-state index contributed by atoms with van der Waals surface area (Å²) in [5.41, 5.74) is 0.116. The number of rotatable bonds is 6. The van der Waals surface area contributed by atoms with Crippen LogP contribution in [0.5, 0.6) is 0 Å². The normalized spacial score (nSPS) is 12.1. The van der Waals surface area contributed by atoms with Crippen LogP contribution in [0.15, 0.2) is 30.3 Å². The molecule has 0 heterocycles. The fourth-order valence-corrected chi connectivity index (χ4v) is 2.53. The molecule has 1 aromatic rings. The van der Waals surface area contributed by atoms with Gasteiger partial charge < -0.3 is 39.3 Å². The lowest BCUT2D eigenvalue weighted by molar-refractivity contribution is -0.118. The van der Waals surface area contributed by atoms with E-state index in [9.17, 15) is 9.59 Å². The highest BCUT2D eigenvalue weighted by Gasteiger charge is 2.25. The van der Waals surface area contributed by atoms with Crippen molar-refractivity contribution in [2.24, 2.45) is 0 Å². The second-order valence-electron chi connectivity index (χ2n) is 6.53. The van der Waals surface area contributed by atoms with E-state index >= 15 is 0 Å². The molecule has 0 aliphatic heterocycles. The molecule has 5 nitrogen and oxygen atoms in total. The molecule has 1 aromatic carbocycles. The molecule has 0 saturated carbocycles. The standard InChI is InChI=1S/C17H26N2O3S.HI/c1-17(2,3)22-16(21)19-14(11-12-23(4)5)15(20)18-13-9-7-6-8-10-13;/h6-10,14H,11-12H2,1-5H3,(H-,18,19,20,21);1H/t14-;/m1./s1. The Hall–Kier alpha value is -0.960. The van der Waals surface area contributed by atoms with E-state index < -0.39 is 17.7 Å². The van der Waals surface area contributed by atoms with E-state index in [4.69, 9.17) is 4.74 Å². The van der Waals surface area contributed by atoms with Crippen LogP contribution in [0.2, 0.25) is 0 Å². The highest BCUT2D eigenvalue weighted by atomic mass is 127. The number of ether oxygens (including phenoxy) is 1. The van der Waals surface area contributed by atoms with E-state index in [1.165, 1.54) is 0 Å². The van der Waals surface area contributed by atoms with Crippen LogP contribution in [-0.2, 0) is 20.4 Å². The first-order chi connectivity index (χ1) is 10.7. The summed E-state index contributed by atoms with van der Waals surface area (Å²) < 4.78 is 5.25. The van der Waals surface area contributed by atoms with Gasteiger partial charge in [0.25, 0.3) is 0 Å². The third kappa shape index (κ3) is 10.0. The molecular weight excluding hydrogens is 439 g/mol. The van der Waals surface area contributed by atoms with Gasteiger partial charge in [-0.2, -0.15) is 0 Å². The first-order valence-corrected chi connectivity index (χ1v) is 9.78. The van der Waals surface area contributed by atoms with Crippen molar-refractivity contribution in [2.45, 2.75) is 38.8 Å². The van der Waals surface area contributed by atoms with Crippen LogP contribution in [0.3, 0.4) is 0 Å². The minimum atomic E-state index is -0.611. The number of anilines is 1. The smallest absolute Gasteiger partial charge is 0.408 e. The topological polar surface area (TPSA) is 67.4 Å². The van der Waals surface area contributed by atoms with Gasteiger partial charge in [-0.25, -0.2) is 4.79 Å². The lowest BCUT2D eigenvalue weighted by Crippen LogP contribution is -3.00. The third-order valence-corrected chi connectivity index (χ3v) is 3.92. The van der Waals surface area contributed by atoms with Gasteiger partial charge in [0.05, 0.1) is 12.5 Å². The summed E-state index contributed by atoms with van der Waals surface area (Å²) in [6.07, 6.45) is 4.23. The maximum atomic E-state index is 12.4. The average molecular weight is 466 g/mol. The fraction of sp³-hybridized carbons (Fsp3) is 0.529. The molecule has 0 saturated heterocycles. The zero-order chi connectivity index (χ0) is 17.5. The molecule has 0 spiro atoms. The molecule has 7 heteroatoms. The predicted molar refractivity (Wildman–Crippen MR) is 96.9 cm³/mol. The van der Waals surface area contributed by atoms with Crippen LogP contribution >= 0.6 is 0 Å². The molecule has 136 valence electrons. The highest BCUT2D eigenvalue weighted by molar-refractivity contribution is 7.95. The fourth-order valence-electron chi connectivity index (χ4n) is 1.82. The van der Waals surface area contributed by atoms with Gasteiger partial charge in [0.2, 0.25) is 5.91 Å². The molecule has 0 radical (unpaired) electrons. The van der Waals surface area contributed by atoms with Gasteiger partial charge in [0.1, 0.15) is 17.4 Å². The van der Waals surface area contributed by atoms with Crippen molar-refractivity contribution in [3.05, 3.63) is 30.3 Å². The first-order valence-electron chi connectivity index (χ1n) is 7.57. The van der Waals surface area contributed by atoms with Crippen molar-refractivity contribution < 1.29 is 38.3 Å². The molecule has 0 aromatic heterocycles. The molecule has 24 heavy (non-hydrogen) atoms. The minimum Gasteiger partial charge on any atom is -1.00 e. The number of nitrogens with one attached hydrogen (secondary N) is 2. The summed E-state index contributed by atoms with van der Waals surface area (Å²) in [5, 5.41) is 5.51. The van der Waals surface area contributed by atoms with Crippen LogP contribution < -0.4 is 34.6 Å². The van der Waals surface area contributed by atoms with Crippen molar-refractivity contribution in [1.82, 2.24) is 5.32 Å². The van der Waals surface area contributed by atoms with E-state index in [0.717, 1.165) is 5.75 Å². The monoisotopic (exact) mass is 466 g/mol. The quantitative estimate of drug-likeness (QED) is 0.451. The van der Waals surface area contributed by atoms with E-state index in [1.54, 1.807) is 20.8 Å². The number of carbonyl (C=O) groups is 2. The number of carbonyl (C=O) groups excluding carboxylic acids is 2. The molecule has 1 atom stereocenters. The van der Waals surface area contributed by atoms with Gasteiger partial charge in [-0.3, -0.25) is 4.79 Å². The Labute approximate surface area is 164 Å². The number of amides is 2. The molecule has 0 fully saturated rings. The molecule has 1 rings (SSSR count). The largest absolute Gasteiger partial charge is 1.00 e. The van der Waals surface area contributed by atoms with E-state index in [-0.39, 0.29) is 40.8 Å². The Morgan fingerprint density at radius 3 is 2.25 bits per heavy atom. The van der Waals surface area contributed by atoms with Crippen molar-refractivity contribution >= 4 is 28.6 Å². The Morgan fingerprint density at radius 1 is 1.17 bits per heavy atom. The Morgan fingerprint density at radius 2 is 1.75 bits per heavy atom. The number of benzene rings is 1. The summed E-state index contributed by atoms with van der Waals surface area (Å²) >= 11 is 0. The van der Waals surface area contributed by atoms with Gasteiger partial charge in [-0.15, -0.1) is 0 Å². The first kappa shape index (κ1) is 23.0. The Bertz CT molecular complexity index is 518. The number of hydrogen-bond donors (Lipinski definition) is 2.